The number of likely N-dealkylation sites (tertiary alicyclic amines) is 1. The average molecular weight is 388 g/mol. The van der Waals surface area contributed by atoms with E-state index in [1.165, 1.54) is 12.7 Å². The first kappa shape index (κ1) is 17.3. The standard InChI is InChI=1S/C15H22BrN3O2S/c1-3-17-15(18-9-11-8-13(16)22-10-11)19-6-4-12(5-7-19)14(20)21-2/h8,10,12H,3-7,9H2,1-2H3,(H,17,18). The van der Waals surface area contributed by atoms with Crippen molar-refractivity contribution in [3.63, 3.8) is 0 Å². The van der Waals surface area contributed by atoms with Crippen molar-refractivity contribution in [2.45, 2.75) is 26.3 Å². The van der Waals surface area contributed by atoms with Crippen molar-refractivity contribution >= 4 is 39.2 Å². The Morgan fingerprint density at radius 3 is 2.82 bits per heavy atom. The molecule has 1 aromatic heterocycles. The van der Waals surface area contributed by atoms with Gasteiger partial charge in [-0.05, 0) is 52.7 Å². The summed E-state index contributed by atoms with van der Waals surface area (Å²) in [4.78, 5) is 18.5. The zero-order valence-corrected chi connectivity index (χ0v) is 15.4. The molecule has 0 radical (unpaired) electrons. The number of methoxy groups -OCH3 is 1. The van der Waals surface area contributed by atoms with Crippen LogP contribution in [0.2, 0.25) is 0 Å². The molecule has 22 heavy (non-hydrogen) atoms. The summed E-state index contributed by atoms with van der Waals surface area (Å²) >= 11 is 5.15. The van der Waals surface area contributed by atoms with Gasteiger partial charge in [0.05, 0.1) is 23.4 Å². The van der Waals surface area contributed by atoms with Gasteiger partial charge in [0, 0.05) is 19.6 Å². The fourth-order valence-corrected chi connectivity index (χ4v) is 3.71. The number of nitrogens with one attached hydrogen (secondary N) is 1. The monoisotopic (exact) mass is 387 g/mol. The highest BCUT2D eigenvalue weighted by molar-refractivity contribution is 9.11. The molecule has 0 unspecified atom stereocenters. The van der Waals surface area contributed by atoms with Crippen molar-refractivity contribution in [2.75, 3.05) is 26.7 Å². The van der Waals surface area contributed by atoms with Gasteiger partial charge in [0.1, 0.15) is 0 Å². The molecule has 2 heterocycles. The second kappa shape index (κ2) is 8.53. The highest BCUT2D eigenvalue weighted by atomic mass is 79.9. The Morgan fingerprint density at radius 1 is 1.55 bits per heavy atom. The third-order valence-corrected chi connectivity index (χ3v) is 5.25. The maximum atomic E-state index is 11.6. The van der Waals surface area contributed by atoms with Crippen LogP contribution >= 0.6 is 27.3 Å². The van der Waals surface area contributed by atoms with Gasteiger partial charge in [-0.3, -0.25) is 4.79 Å². The Kier molecular flexibility index (Phi) is 6.70. The van der Waals surface area contributed by atoms with Crippen LogP contribution in [0.25, 0.3) is 0 Å². The molecule has 1 aromatic rings. The Morgan fingerprint density at radius 2 is 2.27 bits per heavy atom. The predicted molar refractivity (Wildman–Crippen MR) is 93.1 cm³/mol. The van der Waals surface area contributed by atoms with Crippen LogP contribution in [0.4, 0.5) is 0 Å². The van der Waals surface area contributed by atoms with Crippen LogP contribution in [0, 0.1) is 5.92 Å². The van der Waals surface area contributed by atoms with E-state index >= 15 is 0 Å². The van der Waals surface area contributed by atoms with Gasteiger partial charge in [0.25, 0.3) is 0 Å². The molecule has 0 bridgehead atoms. The van der Waals surface area contributed by atoms with Crippen molar-refractivity contribution in [1.82, 2.24) is 10.2 Å². The van der Waals surface area contributed by atoms with E-state index < -0.39 is 0 Å². The Labute approximate surface area is 143 Å². The van der Waals surface area contributed by atoms with E-state index in [0.29, 0.717) is 6.54 Å². The number of thiophene rings is 1. The van der Waals surface area contributed by atoms with Gasteiger partial charge in [0.15, 0.2) is 5.96 Å². The van der Waals surface area contributed by atoms with Crippen LogP contribution in [0.1, 0.15) is 25.3 Å². The van der Waals surface area contributed by atoms with E-state index in [2.05, 4.69) is 44.5 Å². The molecule has 1 aliphatic heterocycles. The molecule has 7 heteroatoms. The molecule has 0 spiro atoms. The minimum Gasteiger partial charge on any atom is -0.469 e. The number of ether oxygens (including phenoxy) is 1. The molecule has 2 rings (SSSR count). The van der Waals surface area contributed by atoms with Gasteiger partial charge in [-0.25, -0.2) is 4.99 Å². The third-order valence-electron chi connectivity index (χ3n) is 3.70. The minimum absolute atomic E-state index is 0.0250. The molecule has 0 atom stereocenters. The normalized spacial score (nSPS) is 16.7. The molecule has 1 saturated heterocycles. The van der Waals surface area contributed by atoms with Crippen LogP contribution in [0.3, 0.4) is 0 Å². The SMILES string of the molecule is CCNC(=NCc1csc(Br)c1)N1CCC(C(=O)OC)CC1. The van der Waals surface area contributed by atoms with E-state index in [1.807, 2.05) is 0 Å². The summed E-state index contributed by atoms with van der Waals surface area (Å²) in [5.41, 5.74) is 1.21. The topological polar surface area (TPSA) is 53.9 Å². The first-order chi connectivity index (χ1) is 10.6. The van der Waals surface area contributed by atoms with E-state index in [-0.39, 0.29) is 11.9 Å². The molecule has 0 aromatic carbocycles. The number of carbonyl (C=O) groups is 1. The van der Waals surface area contributed by atoms with Crippen molar-refractivity contribution in [2.24, 2.45) is 10.9 Å². The number of nitrogens with zero attached hydrogens (tertiary/aromatic N) is 2. The van der Waals surface area contributed by atoms with Crippen molar-refractivity contribution in [3.8, 4) is 0 Å². The highest BCUT2D eigenvalue weighted by Gasteiger charge is 2.26. The number of piperidine rings is 1. The summed E-state index contributed by atoms with van der Waals surface area (Å²) in [6, 6.07) is 2.10. The molecular formula is C15H22BrN3O2S. The largest absolute Gasteiger partial charge is 0.469 e. The first-order valence-electron chi connectivity index (χ1n) is 7.48. The summed E-state index contributed by atoms with van der Waals surface area (Å²) < 4.78 is 5.96. The Balaban J connectivity index is 1.95. The van der Waals surface area contributed by atoms with Crippen molar-refractivity contribution in [1.29, 1.82) is 0 Å². The summed E-state index contributed by atoms with van der Waals surface area (Å²) in [6.07, 6.45) is 1.64. The lowest BCUT2D eigenvalue weighted by atomic mass is 9.97. The molecule has 1 aliphatic rings. The van der Waals surface area contributed by atoms with Gasteiger partial charge in [-0.15, -0.1) is 11.3 Å². The van der Waals surface area contributed by atoms with E-state index in [0.717, 1.165) is 42.2 Å². The summed E-state index contributed by atoms with van der Waals surface area (Å²) in [7, 11) is 1.46. The fraction of sp³-hybridized carbons (Fsp3) is 0.600. The molecule has 0 amide bonds. The molecule has 1 N–H and O–H groups in total. The van der Waals surface area contributed by atoms with Gasteiger partial charge in [-0.1, -0.05) is 0 Å². The smallest absolute Gasteiger partial charge is 0.308 e. The van der Waals surface area contributed by atoms with E-state index in [4.69, 9.17) is 9.73 Å². The highest BCUT2D eigenvalue weighted by Crippen LogP contribution is 2.22. The number of hydrogen-bond donors (Lipinski definition) is 1. The maximum Gasteiger partial charge on any atom is 0.308 e. The van der Waals surface area contributed by atoms with Gasteiger partial charge in [-0.2, -0.15) is 0 Å². The van der Waals surface area contributed by atoms with Crippen molar-refractivity contribution < 1.29 is 9.53 Å². The van der Waals surface area contributed by atoms with Crippen molar-refractivity contribution in [3.05, 3.63) is 20.8 Å². The lowest BCUT2D eigenvalue weighted by Gasteiger charge is -2.33. The Bertz CT molecular complexity index is 525. The number of esters is 1. The second-order valence-electron chi connectivity index (χ2n) is 5.21. The van der Waals surface area contributed by atoms with Crippen LogP contribution < -0.4 is 5.32 Å². The summed E-state index contributed by atoms with van der Waals surface area (Å²) in [5, 5.41) is 5.45. The van der Waals surface area contributed by atoms with Crippen LogP contribution in [-0.2, 0) is 16.1 Å². The number of guanidine groups is 1. The average Bonchev–Trinajstić information content (AvgIpc) is 2.96. The third kappa shape index (κ3) is 4.71. The Hall–Kier alpha value is -1.08. The molecule has 1 fully saturated rings. The lowest BCUT2D eigenvalue weighted by Crippen LogP contribution is -2.46. The molecule has 122 valence electrons. The molecule has 5 nitrogen and oxygen atoms in total. The number of hydrogen-bond acceptors (Lipinski definition) is 4. The van der Waals surface area contributed by atoms with E-state index in [1.54, 1.807) is 11.3 Å². The fourth-order valence-electron chi connectivity index (χ4n) is 2.51. The van der Waals surface area contributed by atoms with Gasteiger partial charge < -0.3 is 15.0 Å². The zero-order chi connectivity index (χ0) is 15.9. The number of carbonyl (C=O) groups excluding carboxylic acids is 1. The summed E-state index contributed by atoms with van der Waals surface area (Å²) in [6.45, 7) is 5.24. The molecular weight excluding hydrogens is 366 g/mol. The number of halogens is 1. The number of rotatable bonds is 4. The lowest BCUT2D eigenvalue weighted by molar-refractivity contribution is -0.146. The first-order valence-corrected chi connectivity index (χ1v) is 9.15. The van der Waals surface area contributed by atoms with Gasteiger partial charge >= 0.3 is 5.97 Å². The zero-order valence-electron chi connectivity index (χ0n) is 13.0. The van der Waals surface area contributed by atoms with Crippen LogP contribution in [0.5, 0.6) is 0 Å². The van der Waals surface area contributed by atoms with Crippen LogP contribution in [0.15, 0.2) is 20.2 Å². The second-order valence-corrected chi connectivity index (χ2v) is 7.50. The summed E-state index contributed by atoms with van der Waals surface area (Å²) in [5.74, 6) is 0.856. The maximum absolute atomic E-state index is 11.6. The predicted octanol–water partition coefficient (Wildman–Crippen LogP) is 2.86. The van der Waals surface area contributed by atoms with Crippen LogP contribution in [-0.4, -0.2) is 43.6 Å². The molecule has 0 saturated carbocycles. The molecule has 0 aliphatic carbocycles. The van der Waals surface area contributed by atoms with Gasteiger partial charge in [0.2, 0.25) is 0 Å². The minimum atomic E-state index is -0.0929. The quantitative estimate of drug-likeness (QED) is 0.490. The van der Waals surface area contributed by atoms with E-state index in [9.17, 15) is 4.79 Å². The number of aliphatic imine (C=N–C) groups is 1.